The second-order valence-electron chi connectivity index (χ2n) is 9.90. The molecule has 160 valence electrons. The van der Waals surface area contributed by atoms with Gasteiger partial charge in [-0.1, -0.05) is 50.3 Å². The maximum absolute atomic E-state index is 12.8. The van der Waals surface area contributed by atoms with Crippen LogP contribution in [0.3, 0.4) is 0 Å². The van der Waals surface area contributed by atoms with Crippen LogP contribution in [-0.4, -0.2) is 14.0 Å². The number of hydrogen-bond donors (Lipinski definition) is 2. The Labute approximate surface area is 180 Å². The lowest BCUT2D eigenvalue weighted by molar-refractivity contribution is 0.425. The predicted molar refractivity (Wildman–Crippen MR) is 123 cm³/mol. The molecule has 0 amide bonds. The molecule has 3 atom stereocenters. The maximum atomic E-state index is 12.8. The van der Waals surface area contributed by atoms with Gasteiger partial charge in [0.25, 0.3) is 0 Å². The molecule has 0 bridgehead atoms. The van der Waals surface area contributed by atoms with Crippen molar-refractivity contribution in [1.82, 2.24) is 4.72 Å². The molecule has 1 aliphatic carbocycles. The van der Waals surface area contributed by atoms with E-state index in [4.69, 9.17) is 0 Å². The second kappa shape index (κ2) is 7.54. The van der Waals surface area contributed by atoms with Crippen LogP contribution in [0.4, 0.5) is 5.69 Å². The van der Waals surface area contributed by atoms with Gasteiger partial charge in [0.05, 0.1) is 10.9 Å². The van der Waals surface area contributed by atoms with Crippen LogP contribution in [0.1, 0.15) is 75.6 Å². The summed E-state index contributed by atoms with van der Waals surface area (Å²) in [5.41, 5.74) is 4.21. The lowest BCUT2D eigenvalue weighted by Crippen LogP contribution is -2.40. The van der Waals surface area contributed by atoms with Crippen molar-refractivity contribution in [3.05, 3.63) is 71.3 Å². The summed E-state index contributed by atoms with van der Waals surface area (Å²) in [6.45, 7) is 9.99. The van der Waals surface area contributed by atoms with Crippen molar-refractivity contribution in [2.75, 3.05) is 5.32 Å². The number of fused-ring (bicyclic) bond motifs is 3. The van der Waals surface area contributed by atoms with Crippen LogP contribution in [0.5, 0.6) is 0 Å². The van der Waals surface area contributed by atoms with Gasteiger partial charge in [0.15, 0.2) is 0 Å². The molecule has 2 N–H and O–H groups in total. The van der Waals surface area contributed by atoms with Crippen LogP contribution in [0.15, 0.2) is 59.5 Å². The van der Waals surface area contributed by atoms with Gasteiger partial charge in [-0.05, 0) is 73.9 Å². The molecule has 0 spiro atoms. The molecule has 4 rings (SSSR count). The predicted octanol–water partition coefficient (Wildman–Crippen LogP) is 5.71. The molecule has 30 heavy (non-hydrogen) atoms. The first-order valence-corrected chi connectivity index (χ1v) is 12.2. The molecule has 0 saturated heterocycles. The van der Waals surface area contributed by atoms with Crippen LogP contribution in [-0.2, 0) is 10.0 Å². The molecule has 2 aromatic carbocycles. The third-order valence-corrected chi connectivity index (χ3v) is 7.80. The summed E-state index contributed by atoms with van der Waals surface area (Å²) in [4.78, 5) is 0.330. The summed E-state index contributed by atoms with van der Waals surface area (Å²) < 4.78 is 28.5. The van der Waals surface area contributed by atoms with Crippen LogP contribution in [0.25, 0.3) is 0 Å². The molecular weight excluding hydrogens is 392 g/mol. The van der Waals surface area contributed by atoms with Gasteiger partial charge in [-0.3, -0.25) is 0 Å². The fraction of sp³-hybridized carbons (Fsp3) is 0.440. The summed E-state index contributed by atoms with van der Waals surface area (Å²) in [6, 6.07) is 14.6. The van der Waals surface area contributed by atoms with Crippen molar-refractivity contribution in [3.8, 4) is 0 Å². The minimum absolute atomic E-state index is 0.217. The summed E-state index contributed by atoms with van der Waals surface area (Å²) in [6.07, 6.45) is 5.47. The van der Waals surface area contributed by atoms with E-state index in [2.05, 4.69) is 60.3 Å². The number of allylic oxidation sites excluding steroid dienone is 2. The average molecular weight is 425 g/mol. The number of benzene rings is 2. The van der Waals surface area contributed by atoms with E-state index < -0.39 is 15.6 Å². The topological polar surface area (TPSA) is 58.2 Å². The lowest BCUT2D eigenvalue weighted by atomic mass is 9.77. The van der Waals surface area contributed by atoms with E-state index >= 15 is 0 Å². The Bertz CT molecular complexity index is 1060. The normalized spacial score (nSPS) is 23.2. The van der Waals surface area contributed by atoms with Crippen molar-refractivity contribution in [2.24, 2.45) is 5.92 Å². The minimum Gasteiger partial charge on any atom is -0.378 e. The Hall–Kier alpha value is -2.11. The van der Waals surface area contributed by atoms with Crippen LogP contribution in [0.2, 0.25) is 0 Å². The van der Waals surface area contributed by atoms with Gasteiger partial charge in [0.1, 0.15) is 0 Å². The Morgan fingerprint density at radius 3 is 2.40 bits per heavy atom. The lowest BCUT2D eigenvalue weighted by Gasteiger charge is -2.38. The molecule has 1 aliphatic heterocycles. The highest BCUT2D eigenvalue weighted by Gasteiger charge is 2.38. The van der Waals surface area contributed by atoms with Gasteiger partial charge in [-0.25, -0.2) is 13.1 Å². The molecule has 0 radical (unpaired) electrons. The zero-order valence-corrected chi connectivity index (χ0v) is 19.3. The zero-order valence-electron chi connectivity index (χ0n) is 18.4. The molecule has 5 heteroatoms. The molecule has 0 fully saturated rings. The molecular formula is C25H32N2O2S. The quantitative estimate of drug-likeness (QED) is 0.618. The first-order chi connectivity index (χ1) is 14.0. The SMILES string of the molecule is CC(C)c1ccc(C2Nc3ccc(S(=O)(=O)NC(C)(C)C)cc3C3C=CCC32)cc1. The van der Waals surface area contributed by atoms with E-state index in [1.165, 1.54) is 11.1 Å². The largest absolute Gasteiger partial charge is 0.378 e. The van der Waals surface area contributed by atoms with Crippen molar-refractivity contribution < 1.29 is 8.42 Å². The summed E-state index contributed by atoms with van der Waals surface area (Å²) in [5, 5.41) is 3.71. The first kappa shape index (κ1) is 21.1. The number of anilines is 1. The molecule has 2 aliphatic rings. The highest BCUT2D eigenvalue weighted by molar-refractivity contribution is 7.89. The van der Waals surface area contributed by atoms with Crippen LogP contribution >= 0.6 is 0 Å². The number of hydrogen-bond acceptors (Lipinski definition) is 3. The molecule has 3 unspecified atom stereocenters. The monoisotopic (exact) mass is 424 g/mol. The summed E-state index contributed by atoms with van der Waals surface area (Å²) in [7, 11) is -3.56. The third kappa shape index (κ3) is 4.06. The molecule has 1 heterocycles. The third-order valence-electron chi connectivity index (χ3n) is 6.05. The van der Waals surface area contributed by atoms with Crippen molar-refractivity contribution in [1.29, 1.82) is 0 Å². The highest BCUT2D eigenvalue weighted by Crippen LogP contribution is 2.50. The van der Waals surface area contributed by atoms with Crippen molar-refractivity contribution in [3.63, 3.8) is 0 Å². The smallest absolute Gasteiger partial charge is 0.241 e. The number of nitrogens with one attached hydrogen (secondary N) is 2. The van der Waals surface area contributed by atoms with Gasteiger partial charge in [0.2, 0.25) is 10.0 Å². The van der Waals surface area contributed by atoms with Gasteiger partial charge in [-0.15, -0.1) is 0 Å². The summed E-state index contributed by atoms with van der Waals surface area (Å²) >= 11 is 0. The van der Waals surface area contributed by atoms with Gasteiger partial charge >= 0.3 is 0 Å². The van der Waals surface area contributed by atoms with Gasteiger partial charge in [-0.2, -0.15) is 0 Å². The molecule has 0 saturated carbocycles. The second-order valence-corrected chi connectivity index (χ2v) is 11.6. The first-order valence-electron chi connectivity index (χ1n) is 10.8. The van der Waals surface area contributed by atoms with E-state index in [1.807, 2.05) is 32.9 Å². The molecule has 0 aromatic heterocycles. The van der Waals surface area contributed by atoms with E-state index in [0.717, 1.165) is 17.7 Å². The van der Waals surface area contributed by atoms with E-state index in [9.17, 15) is 8.42 Å². The minimum atomic E-state index is -3.56. The van der Waals surface area contributed by atoms with Crippen LogP contribution < -0.4 is 10.0 Å². The highest BCUT2D eigenvalue weighted by atomic mass is 32.2. The van der Waals surface area contributed by atoms with Gasteiger partial charge < -0.3 is 5.32 Å². The maximum Gasteiger partial charge on any atom is 0.241 e. The van der Waals surface area contributed by atoms with E-state index in [0.29, 0.717) is 16.7 Å². The standard InChI is InChI=1S/C25H32N2O2S/c1-16(2)17-9-11-18(12-10-17)24-21-8-6-7-20(21)22-15-19(13-14-23(22)26-24)30(28,29)27-25(3,4)5/h6-7,9-16,20-21,24,26-27H,8H2,1-5H3. The van der Waals surface area contributed by atoms with Gasteiger partial charge in [0, 0.05) is 17.1 Å². The summed E-state index contributed by atoms with van der Waals surface area (Å²) in [5.74, 6) is 1.12. The number of sulfonamides is 1. The fourth-order valence-corrected chi connectivity index (χ4v) is 6.07. The van der Waals surface area contributed by atoms with E-state index in [1.54, 1.807) is 6.07 Å². The zero-order chi connectivity index (χ0) is 21.7. The van der Waals surface area contributed by atoms with Crippen molar-refractivity contribution >= 4 is 15.7 Å². The Morgan fingerprint density at radius 1 is 1.07 bits per heavy atom. The fourth-order valence-electron chi connectivity index (χ4n) is 4.62. The number of rotatable bonds is 4. The Balaban J connectivity index is 1.69. The van der Waals surface area contributed by atoms with Crippen LogP contribution in [0, 0.1) is 5.92 Å². The Morgan fingerprint density at radius 2 is 1.77 bits per heavy atom. The van der Waals surface area contributed by atoms with Crippen molar-refractivity contribution in [2.45, 2.75) is 69.4 Å². The molecule has 2 aromatic rings. The molecule has 4 nitrogen and oxygen atoms in total. The average Bonchev–Trinajstić information content (AvgIpc) is 3.15. The Kier molecular flexibility index (Phi) is 5.31. The van der Waals surface area contributed by atoms with E-state index in [-0.39, 0.29) is 12.0 Å².